The predicted molar refractivity (Wildman–Crippen MR) is 125 cm³/mol. The lowest BCUT2D eigenvalue weighted by Crippen LogP contribution is -2.64. The zero-order chi connectivity index (χ0) is 27.1. The molecule has 1 aliphatic heterocycles. The number of carbonyl (C=O) groups is 1. The van der Waals surface area contributed by atoms with E-state index >= 15 is 0 Å². The minimum absolute atomic E-state index is 0.247. The minimum Gasteiger partial charge on any atom is -0.432 e. The monoisotopic (exact) mass is 530 g/mol. The number of esters is 1. The number of aliphatic hydroxyl groups is 8. The van der Waals surface area contributed by atoms with Gasteiger partial charge in [0.2, 0.25) is 6.29 Å². The minimum atomic E-state index is -1.70. The summed E-state index contributed by atoms with van der Waals surface area (Å²) in [5, 5.41) is 84.0. The summed E-state index contributed by atoms with van der Waals surface area (Å²) in [5.41, 5.74) is -4.05. The Bertz CT molecular complexity index is 900. The maximum absolute atomic E-state index is 13.7. The molecule has 1 spiro atoms. The van der Waals surface area contributed by atoms with E-state index in [1.807, 2.05) is 6.92 Å². The normalized spacial score (nSPS) is 57.4. The van der Waals surface area contributed by atoms with Gasteiger partial charge in [0.1, 0.15) is 30.0 Å². The fraction of sp³-hybridized carbons (Fsp3) is 0.962. The van der Waals surface area contributed by atoms with Gasteiger partial charge in [-0.25, -0.2) is 0 Å². The molecule has 0 radical (unpaired) electrons. The molecule has 4 saturated carbocycles. The summed E-state index contributed by atoms with van der Waals surface area (Å²) in [4.78, 5) is 13.7. The largest absolute Gasteiger partial charge is 0.432 e. The van der Waals surface area contributed by atoms with Crippen LogP contribution in [-0.4, -0.2) is 109 Å². The van der Waals surface area contributed by atoms with E-state index in [0.29, 0.717) is 38.5 Å². The van der Waals surface area contributed by atoms with Crippen LogP contribution in [0.25, 0.3) is 0 Å². The molecule has 0 aromatic carbocycles. The molecule has 212 valence electrons. The van der Waals surface area contributed by atoms with E-state index < -0.39 is 95.8 Å². The molecule has 14 atom stereocenters. The zero-order valence-electron chi connectivity index (χ0n) is 21.4. The molecule has 0 unspecified atom stereocenters. The van der Waals surface area contributed by atoms with Gasteiger partial charge in [0.05, 0.1) is 30.8 Å². The highest BCUT2D eigenvalue weighted by molar-refractivity contribution is 5.77. The first-order valence-electron chi connectivity index (χ1n) is 13.5. The molecular formula is C26H42O11. The van der Waals surface area contributed by atoms with Crippen LogP contribution in [0.4, 0.5) is 0 Å². The van der Waals surface area contributed by atoms with Crippen LogP contribution in [0, 0.1) is 34.0 Å². The lowest BCUT2D eigenvalue weighted by Gasteiger charge is -2.64. The molecule has 0 amide bonds. The number of aliphatic hydroxyl groups excluding tert-OH is 7. The summed E-state index contributed by atoms with van der Waals surface area (Å²) in [6.45, 7) is 2.62. The van der Waals surface area contributed by atoms with E-state index in [1.54, 1.807) is 6.92 Å². The highest BCUT2D eigenvalue weighted by Gasteiger charge is 2.74. The SMILES string of the molecule is C[C@@]12CCC[C@@](C)(C(=O)O[C@@H]3O[C@H](CO)[C@@H](O)[C@H](O)[C@H]3O)[C@H]1CC[C@@]13C[C@@H](C[C@H](O)[C@@H]21)[C@](O)(CO)[C@H]3O. The number of fused-ring (bicyclic) bond motifs is 3. The van der Waals surface area contributed by atoms with Gasteiger partial charge in [0.15, 0.2) is 0 Å². The van der Waals surface area contributed by atoms with Crippen molar-refractivity contribution in [3.05, 3.63) is 0 Å². The first-order chi connectivity index (χ1) is 17.3. The average molecular weight is 531 g/mol. The van der Waals surface area contributed by atoms with Gasteiger partial charge in [0.25, 0.3) is 0 Å². The lowest BCUT2D eigenvalue weighted by molar-refractivity contribution is -0.298. The second-order valence-electron chi connectivity index (χ2n) is 12.9. The molecule has 1 saturated heterocycles. The van der Waals surface area contributed by atoms with Gasteiger partial charge in [-0.15, -0.1) is 0 Å². The molecule has 0 aromatic heterocycles. The second-order valence-corrected chi connectivity index (χ2v) is 12.9. The Morgan fingerprint density at radius 1 is 1.00 bits per heavy atom. The van der Waals surface area contributed by atoms with Gasteiger partial charge in [-0.1, -0.05) is 13.3 Å². The van der Waals surface area contributed by atoms with Gasteiger partial charge in [-0.3, -0.25) is 4.79 Å². The Morgan fingerprint density at radius 2 is 1.70 bits per heavy atom. The smallest absolute Gasteiger partial charge is 0.314 e. The average Bonchev–Trinajstić information content (AvgIpc) is 3.02. The molecular weight excluding hydrogens is 488 g/mol. The molecule has 5 rings (SSSR count). The first-order valence-corrected chi connectivity index (χ1v) is 13.5. The van der Waals surface area contributed by atoms with E-state index in [2.05, 4.69) is 0 Å². The van der Waals surface area contributed by atoms with Crippen molar-refractivity contribution >= 4 is 5.97 Å². The predicted octanol–water partition coefficient (Wildman–Crippen LogP) is -1.59. The van der Waals surface area contributed by atoms with Crippen molar-refractivity contribution in [1.29, 1.82) is 0 Å². The molecule has 8 N–H and O–H groups in total. The molecule has 2 bridgehead atoms. The highest BCUT2D eigenvalue weighted by atomic mass is 16.7. The summed E-state index contributed by atoms with van der Waals surface area (Å²) in [7, 11) is 0. The zero-order valence-corrected chi connectivity index (χ0v) is 21.4. The third-order valence-corrected chi connectivity index (χ3v) is 11.3. The Labute approximate surface area is 216 Å². The van der Waals surface area contributed by atoms with Crippen molar-refractivity contribution in [2.45, 2.75) is 107 Å². The van der Waals surface area contributed by atoms with Crippen LogP contribution < -0.4 is 0 Å². The number of hydrogen-bond donors (Lipinski definition) is 8. The van der Waals surface area contributed by atoms with Crippen molar-refractivity contribution in [1.82, 2.24) is 0 Å². The van der Waals surface area contributed by atoms with Crippen LogP contribution in [-0.2, 0) is 14.3 Å². The molecule has 11 nitrogen and oxygen atoms in total. The van der Waals surface area contributed by atoms with E-state index in [1.165, 1.54) is 0 Å². The number of rotatable bonds is 4. The van der Waals surface area contributed by atoms with Crippen LogP contribution in [0.2, 0.25) is 0 Å². The first kappa shape index (κ1) is 27.7. The van der Waals surface area contributed by atoms with Crippen molar-refractivity contribution in [3.63, 3.8) is 0 Å². The maximum atomic E-state index is 13.7. The third-order valence-electron chi connectivity index (χ3n) is 11.3. The van der Waals surface area contributed by atoms with Gasteiger partial charge in [0, 0.05) is 5.41 Å². The quantitative estimate of drug-likeness (QED) is 0.195. The Balaban J connectivity index is 1.43. The maximum Gasteiger partial charge on any atom is 0.314 e. The highest BCUT2D eigenvalue weighted by Crippen LogP contribution is 2.73. The standard InChI is InChI=1S/C26H42O11/c1-23-5-3-6-24(2,22(34)37-20-18(32)17(31)16(30)14(10-27)36-20)15(23)4-7-25-9-12(8-13(29)19(23)25)26(35,11-28)21(25)33/h12-21,27-33,35H,3-11H2,1-2H3/t12-,13+,14-,15+,16-,17+,18-,19+,20+,21+,23-,24-,25-,26-/m1/s1. The third kappa shape index (κ3) is 3.62. The van der Waals surface area contributed by atoms with E-state index in [-0.39, 0.29) is 12.3 Å². The van der Waals surface area contributed by atoms with Gasteiger partial charge in [-0.05, 0) is 68.6 Å². The number of hydrogen-bond acceptors (Lipinski definition) is 11. The molecule has 4 aliphatic carbocycles. The summed E-state index contributed by atoms with van der Waals surface area (Å²) >= 11 is 0. The van der Waals surface area contributed by atoms with E-state index in [0.717, 1.165) is 0 Å². The fourth-order valence-corrected chi connectivity index (χ4v) is 9.56. The van der Waals surface area contributed by atoms with Gasteiger partial charge >= 0.3 is 5.97 Å². The summed E-state index contributed by atoms with van der Waals surface area (Å²) < 4.78 is 11.0. The summed E-state index contributed by atoms with van der Waals surface area (Å²) in [6.07, 6.45) is -6.09. The second kappa shape index (κ2) is 9.07. The van der Waals surface area contributed by atoms with Crippen LogP contribution in [0.1, 0.15) is 58.8 Å². The van der Waals surface area contributed by atoms with Crippen molar-refractivity contribution in [2.75, 3.05) is 13.2 Å². The number of ether oxygens (including phenoxy) is 2. The van der Waals surface area contributed by atoms with Crippen molar-refractivity contribution in [3.8, 4) is 0 Å². The van der Waals surface area contributed by atoms with Crippen LogP contribution >= 0.6 is 0 Å². The topological polar surface area (TPSA) is 197 Å². The van der Waals surface area contributed by atoms with Crippen molar-refractivity contribution < 1.29 is 55.1 Å². The van der Waals surface area contributed by atoms with Crippen LogP contribution in [0.3, 0.4) is 0 Å². The Morgan fingerprint density at radius 3 is 2.35 bits per heavy atom. The van der Waals surface area contributed by atoms with Gasteiger partial charge in [-0.2, -0.15) is 0 Å². The summed E-state index contributed by atoms with van der Waals surface area (Å²) in [6, 6.07) is 0. The van der Waals surface area contributed by atoms with E-state index in [9.17, 15) is 45.6 Å². The Hall–Kier alpha value is -0.890. The lowest BCUT2D eigenvalue weighted by atomic mass is 9.40. The summed E-state index contributed by atoms with van der Waals surface area (Å²) in [5.74, 6) is -1.69. The van der Waals surface area contributed by atoms with E-state index in [4.69, 9.17) is 9.47 Å². The van der Waals surface area contributed by atoms with Crippen LogP contribution in [0.5, 0.6) is 0 Å². The van der Waals surface area contributed by atoms with Crippen LogP contribution in [0.15, 0.2) is 0 Å². The Kier molecular flexibility index (Phi) is 6.78. The molecule has 11 heteroatoms. The molecule has 37 heavy (non-hydrogen) atoms. The van der Waals surface area contributed by atoms with Crippen molar-refractivity contribution in [2.24, 2.45) is 34.0 Å². The molecule has 1 heterocycles. The van der Waals surface area contributed by atoms with Gasteiger partial charge < -0.3 is 50.3 Å². The number of carbonyl (C=O) groups excluding carboxylic acids is 1. The molecule has 5 aliphatic rings. The fourth-order valence-electron chi connectivity index (χ4n) is 9.56. The molecule has 5 fully saturated rings. The molecule has 0 aromatic rings.